The molecule has 1 fully saturated rings. The van der Waals surface area contributed by atoms with Crippen LogP contribution in [0.15, 0.2) is 36.7 Å². The van der Waals surface area contributed by atoms with Crippen molar-refractivity contribution in [2.45, 2.75) is 13.0 Å². The van der Waals surface area contributed by atoms with Gasteiger partial charge in [-0.25, -0.2) is 19.3 Å². The molecule has 0 spiro atoms. The van der Waals surface area contributed by atoms with E-state index in [0.717, 1.165) is 17.7 Å². The number of morpholine rings is 1. The Balaban J connectivity index is 1.75. The van der Waals surface area contributed by atoms with Crippen molar-refractivity contribution in [3.05, 3.63) is 48.0 Å². The van der Waals surface area contributed by atoms with E-state index >= 15 is 0 Å². The molecule has 27 heavy (non-hydrogen) atoms. The number of hydrogen-bond acceptors (Lipinski definition) is 6. The number of nitrogens with two attached hydrogens (primary N) is 1. The smallest absolute Gasteiger partial charge is 0.251 e. The van der Waals surface area contributed by atoms with Crippen LogP contribution in [0.4, 0.5) is 10.2 Å². The third-order valence-corrected chi connectivity index (χ3v) is 4.65. The highest BCUT2D eigenvalue weighted by molar-refractivity contribution is 5.94. The van der Waals surface area contributed by atoms with Crippen LogP contribution in [-0.4, -0.2) is 46.7 Å². The van der Waals surface area contributed by atoms with Gasteiger partial charge in [-0.2, -0.15) is 0 Å². The van der Waals surface area contributed by atoms with Crippen molar-refractivity contribution in [2.24, 2.45) is 5.73 Å². The summed E-state index contributed by atoms with van der Waals surface area (Å²) < 4.78 is 19.6. The number of pyridine rings is 1. The zero-order valence-electron chi connectivity index (χ0n) is 14.7. The fourth-order valence-corrected chi connectivity index (χ4v) is 3.23. The molecular weight excluding hydrogens is 349 g/mol. The number of hydrogen-bond donors (Lipinski definition) is 1. The number of aromatic nitrogens is 3. The number of rotatable bonds is 3. The van der Waals surface area contributed by atoms with E-state index in [1.54, 1.807) is 12.1 Å². The van der Waals surface area contributed by atoms with E-state index in [-0.39, 0.29) is 11.6 Å². The second kappa shape index (κ2) is 6.88. The summed E-state index contributed by atoms with van der Waals surface area (Å²) in [4.78, 5) is 26.6. The van der Waals surface area contributed by atoms with Gasteiger partial charge in [0.15, 0.2) is 5.65 Å². The fraction of sp³-hybridized carbons (Fsp3) is 0.263. The van der Waals surface area contributed by atoms with Gasteiger partial charge in [0.2, 0.25) is 0 Å². The van der Waals surface area contributed by atoms with E-state index in [1.807, 2.05) is 6.07 Å². The lowest BCUT2D eigenvalue weighted by atomic mass is 10.1. The molecule has 1 atom stereocenters. The molecule has 2 aromatic heterocycles. The molecule has 1 aromatic carbocycles. The molecule has 1 aliphatic rings. The largest absolute Gasteiger partial charge is 0.377 e. The van der Waals surface area contributed by atoms with Crippen molar-refractivity contribution >= 4 is 22.8 Å². The second-order valence-electron chi connectivity index (χ2n) is 6.44. The first-order valence-corrected chi connectivity index (χ1v) is 8.60. The maximum Gasteiger partial charge on any atom is 0.251 e. The van der Waals surface area contributed by atoms with Crippen molar-refractivity contribution in [3.8, 4) is 11.3 Å². The SMILES string of the molecule is CC1COCCN1c1ncnc2nc(-c3ccc(C(N)=O)c(F)c3)ccc12. The molecule has 1 amide bonds. The topological polar surface area (TPSA) is 94.2 Å². The van der Waals surface area contributed by atoms with Gasteiger partial charge in [-0.1, -0.05) is 6.07 Å². The Bertz CT molecular complexity index is 1030. The minimum absolute atomic E-state index is 0.148. The van der Waals surface area contributed by atoms with Crippen molar-refractivity contribution in [3.63, 3.8) is 0 Å². The quantitative estimate of drug-likeness (QED) is 0.762. The first kappa shape index (κ1) is 17.3. The Hall–Kier alpha value is -3.13. The van der Waals surface area contributed by atoms with Crippen molar-refractivity contribution < 1.29 is 13.9 Å². The lowest BCUT2D eigenvalue weighted by Gasteiger charge is -2.34. The molecule has 0 saturated carbocycles. The molecule has 1 aliphatic heterocycles. The maximum atomic E-state index is 14.1. The summed E-state index contributed by atoms with van der Waals surface area (Å²) >= 11 is 0. The lowest BCUT2D eigenvalue weighted by Crippen LogP contribution is -2.44. The summed E-state index contributed by atoms with van der Waals surface area (Å²) in [5.74, 6) is -0.667. The Kier molecular flexibility index (Phi) is 4.41. The minimum atomic E-state index is -0.803. The van der Waals surface area contributed by atoms with Crippen LogP contribution < -0.4 is 10.6 Å². The van der Waals surface area contributed by atoms with Crippen molar-refractivity contribution in [1.29, 1.82) is 0 Å². The Morgan fingerprint density at radius 1 is 1.30 bits per heavy atom. The lowest BCUT2D eigenvalue weighted by molar-refractivity contribution is 0.0986. The first-order chi connectivity index (χ1) is 13.0. The van der Waals surface area contributed by atoms with E-state index in [4.69, 9.17) is 10.5 Å². The summed E-state index contributed by atoms with van der Waals surface area (Å²) in [5.41, 5.74) is 6.62. The summed E-state index contributed by atoms with van der Waals surface area (Å²) in [6, 6.07) is 8.10. The Morgan fingerprint density at radius 2 is 2.15 bits per heavy atom. The highest BCUT2D eigenvalue weighted by Gasteiger charge is 2.22. The zero-order chi connectivity index (χ0) is 19.0. The number of nitrogens with zero attached hydrogens (tertiary/aromatic N) is 4. The molecule has 2 N–H and O–H groups in total. The molecule has 8 heteroatoms. The van der Waals surface area contributed by atoms with Gasteiger partial charge in [0.1, 0.15) is 18.0 Å². The van der Waals surface area contributed by atoms with Crippen LogP contribution >= 0.6 is 0 Å². The van der Waals surface area contributed by atoms with E-state index in [1.165, 1.54) is 18.5 Å². The van der Waals surface area contributed by atoms with E-state index in [0.29, 0.717) is 30.1 Å². The summed E-state index contributed by atoms with van der Waals surface area (Å²) in [5, 5.41) is 0.823. The number of halogens is 1. The standard InChI is InChI=1S/C19H18FN5O2/c1-11-9-27-7-6-25(11)19-14-4-5-16(24-18(14)22-10-23-19)12-2-3-13(17(21)26)15(20)8-12/h2-5,8,10-11H,6-7,9H2,1H3,(H2,21,26). The summed E-state index contributed by atoms with van der Waals surface area (Å²) in [6.45, 7) is 4.11. The predicted molar refractivity (Wildman–Crippen MR) is 98.9 cm³/mol. The van der Waals surface area contributed by atoms with Crippen LogP contribution in [0.1, 0.15) is 17.3 Å². The van der Waals surface area contributed by atoms with E-state index in [2.05, 4.69) is 26.8 Å². The molecule has 1 saturated heterocycles. The average molecular weight is 367 g/mol. The highest BCUT2D eigenvalue weighted by atomic mass is 19.1. The molecular formula is C19H18FN5O2. The van der Waals surface area contributed by atoms with Crippen LogP contribution in [0.25, 0.3) is 22.3 Å². The van der Waals surface area contributed by atoms with Gasteiger partial charge in [-0.05, 0) is 31.2 Å². The summed E-state index contributed by atoms with van der Waals surface area (Å²) in [6.07, 6.45) is 1.48. The molecule has 3 heterocycles. The minimum Gasteiger partial charge on any atom is -0.377 e. The molecule has 7 nitrogen and oxygen atoms in total. The van der Waals surface area contributed by atoms with E-state index < -0.39 is 11.7 Å². The number of fused-ring (bicyclic) bond motifs is 1. The van der Waals surface area contributed by atoms with Crippen LogP contribution in [0.2, 0.25) is 0 Å². The number of amides is 1. The van der Waals surface area contributed by atoms with Gasteiger partial charge in [-0.3, -0.25) is 4.79 Å². The molecule has 0 bridgehead atoms. The fourth-order valence-electron chi connectivity index (χ4n) is 3.23. The van der Waals surface area contributed by atoms with Gasteiger partial charge >= 0.3 is 0 Å². The number of primary amides is 1. The third-order valence-electron chi connectivity index (χ3n) is 4.65. The van der Waals surface area contributed by atoms with Crippen LogP contribution in [0, 0.1) is 5.82 Å². The predicted octanol–water partition coefficient (Wildman–Crippen LogP) is 2.15. The van der Waals surface area contributed by atoms with Crippen molar-refractivity contribution in [2.75, 3.05) is 24.7 Å². The Labute approximate surface area is 155 Å². The van der Waals surface area contributed by atoms with Gasteiger partial charge in [0, 0.05) is 12.1 Å². The molecule has 1 unspecified atom stereocenters. The second-order valence-corrected chi connectivity index (χ2v) is 6.44. The van der Waals surface area contributed by atoms with Crippen molar-refractivity contribution in [1.82, 2.24) is 15.0 Å². The van der Waals surface area contributed by atoms with E-state index in [9.17, 15) is 9.18 Å². The normalized spacial score (nSPS) is 17.3. The molecule has 138 valence electrons. The van der Waals surface area contributed by atoms with Gasteiger partial charge in [0.25, 0.3) is 5.91 Å². The Morgan fingerprint density at radius 3 is 2.89 bits per heavy atom. The van der Waals surface area contributed by atoms with Crippen LogP contribution in [-0.2, 0) is 4.74 Å². The average Bonchev–Trinajstić information content (AvgIpc) is 2.67. The van der Waals surface area contributed by atoms with Crippen LogP contribution in [0.5, 0.6) is 0 Å². The first-order valence-electron chi connectivity index (χ1n) is 8.60. The van der Waals surface area contributed by atoms with Gasteiger partial charge in [-0.15, -0.1) is 0 Å². The van der Waals surface area contributed by atoms with Gasteiger partial charge < -0.3 is 15.4 Å². The number of anilines is 1. The molecule has 4 rings (SSSR count). The third kappa shape index (κ3) is 3.19. The number of carbonyl (C=O) groups is 1. The van der Waals surface area contributed by atoms with Gasteiger partial charge in [0.05, 0.1) is 35.9 Å². The molecule has 0 radical (unpaired) electrons. The number of benzene rings is 1. The number of carbonyl (C=O) groups excluding carboxylic acids is 1. The molecule has 3 aromatic rings. The maximum absolute atomic E-state index is 14.1. The molecule has 0 aliphatic carbocycles. The highest BCUT2D eigenvalue weighted by Crippen LogP contribution is 2.28. The van der Waals surface area contributed by atoms with Crippen LogP contribution in [0.3, 0.4) is 0 Å². The number of ether oxygens (including phenoxy) is 1. The summed E-state index contributed by atoms with van der Waals surface area (Å²) in [7, 11) is 0. The monoisotopic (exact) mass is 367 g/mol. The zero-order valence-corrected chi connectivity index (χ0v) is 14.7.